The van der Waals surface area contributed by atoms with Gasteiger partial charge in [-0.3, -0.25) is 4.98 Å². The van der Waals surface area contributed by atoms with Gasteiger partial charge < -0.3 is 19.1 Å². The van der Waals surface area contributed by atoms with E-state index in [0.29, 0.717) is 11.5 Å². The number of hydrogen-bond donors (Lipinski definition) is 0. The van der Waals surface area contributed by atoms with Gasteiger partial charge in [-0.25, -0.2) is 4.98 Å². The van der Waals surface area contributed by atoms with E-state index in [4.69, 9.17) is 4.74 Å². The van der Waals surface area contributed by atoms with Crippen LogP contribution < -0.4 is 14.5 Å². The molecule has 0 spiro atoms. The van der Waals surface area contributed by atoms with E-state index in [-0.39, 0.29) is 21.1 Å². The molecule has 1 aliphatic rings. The van der Waals surface area contributed by atoms with Crippen molar-refractivity contribution in [1.82, 2.24) is 14.5 Å². The molecule has 0 radical (unpaired) electrons. The van der Waals surface area contributed by atoms with E-state index in [1.165, 1.54) is 5.39 Å². The minimum Gasteiger partial charge on any atom is -0.509 e. The van der Waals surface area contributed by atoms with Crippen LogP contribution in [0.5, 0.6) is 11.5 Å². The maximum absolute atomic E-state index is 6.58. The fourth-order valence-electron chi connectivity index (χ4n) is 8.10. The summed E-state index contributed by atoms with van der Waals surface area (Å²) in [6.07, 6.45) is 5.49. The first-order valence-electron chi connectivity index (χ1n) is 18.9. The molecule has 11 rings (SSSR count). The van der Waals surface area contributed by atoms with E-state index in [2.05, 4.69) is 171 Å². The summed E-state index contributed by atoms with van der Waals surface area (Å²) in [5.74, 6) is 1.95. The zero-order valence-corrected chi connectivity index (χ0v) is 33.2. The second-order valence-corrected chi connectivity index (χ2v) is 13.9. The average molecular weight is 926 g/mol. The Morgan fingerprint density at radius 2 is 1.24 bits per heavy atom. The van der Waals surface area contributed by atoms with Gasteiger partial charge in [0.15, 0.2) is 0 Å². The molecule has 0 bridgehead atoms. The molecular formula is C51H32N5OPt-3. The van der Waals surface area contributed by atoms with Crippen molar-refractivity contribution in [2.45, 2.75) is 0 Å². The summed E-state index contributed by atoms with van der Waals surface area (Å²) in [6, 6.07) is 66.0. The Morgan fingerprint density at radius 1 is 0.517 bits per heavy atom. The quantitative estimate of drug-likeness (QED) is 0.149. The number of benzene rings is 7. The number of nitrogens with zero attached hydrogens (tertiary/aromatic N) is 5. The maximum atomic E-state index is 6.58. The fraction of sp³-hybridized carbons (Fsp3) is 0. The predicted molar refractivity (Wildman–Crippen MR) is 230 cm³/mol. The van der Waals surface area contributed by atoms with Crippen LogP contribution in [0, 0.1) is 18.8 Å². The monoisotopic (exact) mass is 925 g/mol. The molecule has 6 nitrogen and oxygen atoms in total. The summed E-state index contributed by atoms with van der Waals surface area (Å²) in [7, 11) is 0. The number of hydrogen-bond acceptors (Lipinski definition) is 5. The molecule has 10 aromatic rings. The molecule has 7 heteroatoms. The van der Waals surface area contributed by atoms with Gasteiger partial charge in [-0.1, -0.05) is 121 Å². The molecule has 58 heavy (non-hydrogen) atoms. The SMILES string of the molecule is [Pt].[c-]1c(Oc2[c-]c3c(cc2)c2cnccc2n3-c2ccccn2)cccc1N1[CH-]N(c2c(-c3ccccc3)cccc2-c2ccccc2)c2c1ccc1ccccc21. The van der Waals surface area contributed by atoms with Crippen LogP contribution in [0.15, 0.2) is 188 Å². The van der Waals surface area contributed by atoms with Gasteiger partial charge in [0.05, 0.1) is 0 Å². The molecule has 4 heterocycles. The Balaban J connectivity index is 0.00000408. The zero-order chi connectivity index (χ0) is 37.7. The van der Waals surface area contributed by atoms with E-state index in [0.717, 1.165) is 78.0 Å². The standard InChI is InChI=1S/C51H32N5O.Pt/c1-3-13-35(14-4-1)41-21-12-22-42(36-15-5-2-6-16-36)50(41)55-34-54(47-27-24-37-17-7-8-20-43(37)51(47)55)38-18-11-19-39(31-38)57-40-25-26-44-45-33-52-30-28-46(45)56(48(44)32-40)49-23-9-10-29-53-49;/h1-30,33-34H;/q-3;. The van der Waals surface area contributed by atoms with E-state index < -0.39 is 0 Å². The van der Waals surface area contributed by atoms with Crippen molar-refractivity contribution < 1.29 is 25.8 Å². The minimum absolute atomic E-state index is 0. The van der Waals surface area contributed by atoms with Crippen LogP contribution in [-0.4, -0.2) is 14.5 Å². The van der Waals surface area contributed by atoms with E-state index in [1.54, 1.807) is 12.4 Å². The number of pyridine rings is 2. The van der Waals surface area contributed by atoms with Gasteiger partial charge in [0.2, 0.25) is 0 Å². The second-order valence-electron chi connectivity index (χ2n) is 13.9. The van der Waals surface area contributed by atoms with Gasteiger partial charge in [0, 0.05) is 90.2 Å². The third-order valence-electron chi connectivity index (χ3n) is 10.6. The van der Waals surface area contributed by atoms with Crippen molar-refractivity contribution in [1.29, 1.82) is 0 Å². The van der Waals surface area contributed by atoms with Crippen molar-refractivity contribution in [2.75, 3.05) is 9.80 Å². The Hall–Kier alpha value is -7.01. The van der Waals surface area contributed by atoms with Gasteiger partial charge in [-0.05, 0) is 46.2 Å². The zero-order valence-electron chi connectivity index (χ0n) is 30.9. The third-order valence-corrected chi connectivity index (χ3v) is 10.6. The maximum Gasteiger partial charge on any atom is 0.135 e. The summed E-state index contributed by atoms with van der Waals surface area (Å²) in [4.78, 5) is 13.6. The molecule has 3 aromatic heterocycles. The van der Waals surface area contributed by atoms with Crippen LogP contribution in [0.1, 0.15) is 0 Å². The summed E-state index contributed by atoms with van der Waals surface area (Å²) in [6.45, 7) is 2.19. The molecule has 0 unspecified atom stereocenters. The van der Waals surface area contributed by atoms with Crippen LogP contribution in [0.3, 0.4) is 0 Å². The molecule has 0 aliphatic carbocycles. The molecule has 0 amide bonds. The summed E-state index contributed by atoms with van der Waals surface area (Å²) >= 11 is 0. The van der Waals surface area contributed by atoms with Crippen LogP contribution in [0.2, 0.25) is 0 Å². The van der Waals surface area contributed by atoms with E-state index in [1.807, 2.05) is 48.7 Å². The molecule has 0 fully saturated rings. The van der Waals surface area contributed by atoms with Crippen LogP contribution in [0.25, 0.3) is 60.6 Å². The van der Waals surface area contributed by atoms with Crippen LogP contribution >= 0.6 is 0 Å². The topological polar surface area (TPSA) is 46.4 Å². The first-order chi connectivity index (χ1) is 28.3. The molecule has 280 valence electrons. The van der Waals surface area contributed by atoms with Crippen molar-refractivity contribution >= 4 is 55.3 Å². The second kappa shape index (κ2) is 14.8. The first kappa shape index (κ1) is 35.4. The molecular weight excluding hydrogens is 894 g/mol. The Labute approximate surface area is 350 Å². The normalized spacial score (nSPS) is 12.2. The van der Waals surface area contributed by atoms with Crippen molar-refractivity contribution in [3.8, 4) is 39.6 Å². The number of para-hydroxylation sites is 1. The van der Waals surface area contributed by atoms with Gasteiger partial charge in [-0.2, -0.15) is 12.1 Å². The summed E-state index contributed by atoms with van der Waals surface area (Å²) < 4.78 is 8.69. The fourth-order valence-corrected chi connectivity index (χ4v) is 8.10. The van der Waals surface area contributed by atoms with Crippen LogP contribution in [0.4, 0.5) is 22.7 Å². The van der Waals surface area contributed by atoms with Gasteiger partial charge in [0.25, 0.3) is 0 Å². The average Bonchev–Trinajstić information content (AvgIpc) is 3.83. The molecule has 1 aliphatic heterocycles. The number of fused-ring (bicyclic) bond motifs is 6. The van der Waals surface area contributed by atoms with Gasteiger partial charge in [-0.15, -0.1) is 48.1 Å². The summed E-state index contributed by atoms with van der Waals surface area (Å²) in [5.41, 5.74) is 10.5. The van der Waals surface area contributed by atoms with Crippen molar-refractivity contribution in [2.24, 2.45) is 0 Å². The molecule has 0 N–H and O–H groups in total. The van der Waals surface area contributed by atoms with Gasteiger partial charge >= 0.3 is 0 Å². The van der Waals surface area contributed by atoms with Gasteiger partial charge in [0.1, 0.15) is 5.82 Å². The Morgan fingerprint density at radius 3 is 2.02 bits per heavy atom. The molecule has 0 saturated carbocycles. The molecule has 7 aromatic carbocycles. The van der Waals surface area contributed by atoms with Crippen LogP contribution in [-0.2, 0) is 21.1 Å². The van der Waals surface area contributed by atoms with Crippen molar-refractivity contribution in [3.63, 3.8) is 0 Å². The largest absolute Gasteiger partial charge is 0.509 e. The Bertz CT molecular complexity index is 3040. The smallest absolute Gasteiger partial charge is 0.135 e. The van der Waals surface area contributed by atoms with E-state index in [9.17, 15) is 0 Å². The predicted octanol–water partition coefficient (Wildman–Crippen LogP) is 12.9. The number of ether oxygens (including phenoxy) is 1. The number of anilines is 4. The molecule has 0 atom stereocenters. The summed E-state index contributed by atoms with van der Waals surface area (Å²) in [5, 5.41) is 4.37. The number of aromatic nitrogens is 3. The van der Waals surface area contributed by atoms with Crippen molar-refractivity contribution in [3.05, 3.63) is 207 Å². The Kier molecular flexibility index (Phi) is 9.04. The third kappa shape index (κ3) is 6.01. The van der Waals surface area contributed by atoms with E-state index >= 15 is 0 Å². The number of rotatable bonds is 7. The first-order valence-corrected chi connectivity index (χ1v) is 18.9. The minimum atomic E-state index is 0. The molecule has 0 saturated heterocycles.